The molecule has 0 aromatic heterocycles. The molecule has 0 bridgehead atoms. The van der Waals surface area contributed by atoms with Crippen molar-refractivity contribution in [3.8, 4) is 11.5 Å². The molecule has 0 saturated carbocycles. The molecule has 1 heterocycles. The molecule has 1 aromatic rings. The van der Waals surface area contributed by atoms with Gasteiger partial charge in [0.1, 0.15) is 0 Å². The Morgan fingerprint density at radius 2 is 2.12 bits per heavy atom. The summed E-state index contributed by atoms with van der Waals surface area (Å²) in [6, 6.07) is 5.87. The van der Waals surface area contributed by atoms with Crippen molar-refractivity contribution in [1.29, 1.82) is 0 Å². The summed E-state index contributed by atoms with van der Waals surface area (Å²) in [6.45, 7) is 2.49. The van der Waals surface area contributed by atoms with Crippen molar-refractivity contribution in [2.45, 2.75) is 18.9 Å². The Morgan fingerprint density at radius 1 is 1.38 bits per heavy atom. The first-order valence-corrected chi connectivity index (χ1v) is 5.39. The van der Waals surface area contributed by atoms with Gasteiger partial charge in [0.25, 0.3) is 0 Å². The van der Waals surface area contributed by atoms with E-state index in [0.29, 0.717) is 6.42 Å². The largest absolute Gasteiger partial charge is 0.454 e. The van der Waals surface area contributed by atoms with Crippen molar-refractivity contribution < 1.29 is 14.6 Å². The van der Waals surface area contributed by atoms with Crippen LogP contribution in [0.15, 0.2) is 18.2 Å². The summed E-state index contributed by atoms with van der Waals surface area (Å²) < 4.78 is 10.6. The van der Waals surface area contributed by atoms with Crippen LogP contribution in [0.3, 0.4) is 0 Å². The normalized spacial score (nSPS) is 17.2. The quantitative estimate of drug-likeness (QED) is 0.806. The predicted octanol–water partition coefficient (Wildman–Crippen LogP) is 1.23. The van der Waals surface area contributed by atoms with Crippen molar-refractivity contribution >= 4 is 0 Å². The molecule has 1 atom stereocenters. The van der Waals surface area contributed by atoms with Crippen molar-refractivity contribution in [3.63, 3.8) is 0 Å². The highest BCUT2D eigenvalue weighted by Crippen LogP contribution is 2.36. The number of fused-ring (bicyclic) bond motifs is 1. The molecule has 0 saturated heterocycles. The first kappa shape index (κ1) is 11.2. The number of ether oxygens (including phenoxy) is 2. The summed E-state index contributed by atoms with van der Waals surface area (Å²) >= 11 is 0. The Bertz CT molecular complexity index is 381. The standard InChI is InChI=1S/C12H17NO3/c1-12(13-2,5-6-14)9-3-4-10-11(7-9)16-8-15-10/h3-4,7,13-14H,5-6,8H2,1-2H3. The fourth-order valence-corrected chi connectivity index (χ4v) is 1.88. The lowest BCUT2D eigenvalue weighted by Crippen LogP contribution is -2.37. The summed E-state index contributed by atoms with van der Waals surface area (Å²) in [7, 11) is 1.89. The first-order valence-electron chi connectivity index (χ1n) is 5.39. The molecular formula is C12H17NO3. The number of aliphatic hydroxyl groups is 1. The Labute approximate surface area is 95.2 Å². The monoisotopic (exact) mass is 223 g/mol. The highest BCUT2D eigenvalue weighted by molar-refractivity contribution is 5.46. The molecule has 0 fully saturated rings. The van der Waals surface area contributed by atoms with Crippen molar-refractivity contribution in [2.24, 2.45) is 0 Å². The Balaban J connectivity index is 2.32. The number of aliphatic hydroxyl groups excluding tert-OH is 1. The molecule has 4 nitrogen and oxygen atoms in total. The first-order chi connectivity index (χ1) is 7.69. The number of benzene rings is 1. The van der Waals surface area contributed by atoms with Crippen LogP contribution >= 0.6 is 0 Å². The summed E-state index contributed by atoms with van der Waals surface area (Å²) in [5.41, 5.74) is 0.851. The molecule has 16 heavy (non-hydrogen) atoms. The smallest absolute Gasteiger partial charge is 0.231 e. The van der Waals surface area contributed by atoms with E-state index in [2.05, 4.69) is 12.2 Å². The summed E-state index contributed by atoms with van der Waals surface area (Å²) in [4.78, 5) is 0. The third kappa shape index (κ3) is 1.86. The fourth-order valence-electron chi connectivity index (χ4n) is 1.88. The van der Waals surface area contributed by atoms with E-state index >= 15 is 0 Å². The van der Waals surface area contributed by atoms with E-state index < -0.39 is 0 Å². The maximum Gasteiger partial charge on any atom is 0.231 e. The van der Waals surface area contributed by atoms with Gasteiger partial charge in [-0.3, -0.25) is 0 Å². The fraction of sp³-hybridized carbons (Fsp3) is 0.500. The van der Waals surface area contributed by atoms with Crippen LogP contribution in [0, 0.1) is 0 Å². The highest BCUT2D eigenvalue weighted by atomic mass is 16.7. The molecule has 1 aliphatic rings. The minimum Gasteiger partial charge on any atom is -0.454 e. The average molecular weight is 223 g/mol. The minimum atomic E-state index is -0.240. The maximum atomic E-state index is 9.09. The predicted molar refractivity (Wildman–Crippen MR) is 60.7 cm³/mol. The van der Waals surface area contributed by atoms with Crippen LogP contribution in [0.4, 0.5) is 0 Å². The second kappa shape index (κ2) is 4.31. The van der Waals surface area contributed by atoms with Crippen molar-refractivity contribution in [1.82, 2.24) is 5.32 Å². The van der Waals surface area contributed by atoms with Gasteiger partial charge in [-0.15, -0.1) is 0 Å². The van der Waals surface area contributed by atoms with Gasteiger partial charge in [-0.25, -0.2) is 0 Å². The molecule has 2 rings (SSSR count). The van der Waals surface area contributed by atoms with E-state index in [1.54, 1.807) is 0 Å². The lowest BCUT2D eigenvalue weighted by Gasteiger charge is -2.29. The van der Waals surface area contributed by atoms with Crippen molar-refractivity contribution in [2.75, 3.05) is 20.4 Å². The second-order valence-corrected chi connectivity index (χ2v) is 4.12. The molecule has 88 valence electrons. The molecular weight excluding hydrogens is 206 g/mol. The number of rotatable bonds is 4. The zero-order valence-corrected chi connectivity index (χ0v) is 9.62. The zero-order chi connectivity index (χ0) is 11.6. The number of hydrogen-bond acceptors (Lipinski definition) is 4. The van der Waals surface area contributed by atoms with E-state index in [1.807, 2.05) is 25.2 Å². The summed E-state index contributed by atoms with van der Waals surface area (Å²) in [5.74, 6) is 1.56. The Hall–Kier alpha value is -1.26. The summed E-state index contributed by atoms with van der Waals surface area (Å²) in [5, 5.41) is 12.3. The van der Waals surface area contributed by atoms with Gasteiger partial charge in [-0.1, -0.05) is 6.07 Å². The average Bonchev–Trinajstić information content (AvgIpc) is 2.76. The molecule has 0 amide bonds. The maximum absolute atomic E-state index is 9.09. The molecule has 4 heteroatoms. The Morgan fingerprint density at radius 3 is 2.81 bits per heavy atom. The van der Waals surface area contributed by atoms with Gasteiger partial charge in [0, 0.05) is 12.1 Å². The van der Waals surface area contributed by atoms with Gasteiger partial charge in [0.2, 0.25) is 6.79 Å². The lowest BCUT2D eigenvalue weighted by molar-refractivity contribution is 0.173. The number of hydrogen-bond donors (Lipinski definition) is 2. The van der Waals surface area contributed by atoms with E-state index in [0.717, 1.165) is 17.1 Å². The van der Waals surface area contributed by atoms with E-state index in [4.69, 9.17) is 14.6 Å². The van der Waals surface area contributed by atoms with Crippen LogP contribution in [0.2, 0.25) is 0 Å². The lowest BCUT2D eigenvalue weighted by atomic mass is 9.89. The molecule has 0 spiro atoms. The van der Waals surface area contributed by atoms with Gasteiger partial charge in [-0.05, 0) is 38.1 Å². The van der Waals surface area contributed by atoms with Gasteiger partial charge in [0.05, 0.1) is 0 Å². The molecule has 0 radical (unpaired) electrons. The molecule has 1 unspecified atom stereocenters. The highest BCUT2D eigenvalue weighted by Gasteiger charge is 2.26. The van der Waals surface area contributed by atoms with Crippen LogP contribution in [0.1, 0.15) is 18.9 Å². The SMILES string of the molecule is CNC(C)(CCO)c1ccc2c(c1)OCO2. The van der Waals surface area contributed by atoms with Crippen LogP contribution in [-0.4, -0.2) is 25.6 Å². The third-order valence-electron chi connectivity index (χ3n) is 3.17. The van der Waals surface area contributed by atoms with Crippen LogP contribution < -0.4 is 14.8 Å². The van der Waals surface area contributed by atoms with Gasteiger partial charge in [-0.2, -0.15) is 0 Å². The summed E-state index contributed by atoms with van der Waals surface area (Å²) in [6.07, 6.45) is 0.656. The van der Waals surface area contributed by atoms with Gasteiger partial charge < -0.3 is 19.9 Å². The van der Waals surface area contributed by atoms with E-state index in [1.165, 1.54) is 0 Å². The van der Waals surface area contributed by atoms with Crippen LogP contribution in [0.5, 0.6) is 11.5 Å². The topological polar surface area (TPSA) is 50.7 Å². The van der Waals surface area contributed by atoms with E-state index in [-0.39, 0.29) is 18.9 Å². The molecule has 1 aromatic carbocycles. The van der Waals surface area contributed by atoms with Crippen LogP contribution in [0.25, 0.3) is 0 Å². The molecule has 2 N–H and O–H groups in total. The second-order valence-electron chi connectivity index (χ2n) is 4.12. The Kier molecular flexibility index (Phi) is 3.03. The zero-order valence-electron chi connectivity index (χ0n) is 9.62. The number of nitrogens with one attached hydrogen (secondary N) is 1. The van der Waals surface area contributed by atoms with Crippen molar-refractivity contribution in [3.05, 3.63) is 23.8 Å². The van der Waals surface area contributed by atoms with Gasteiger partial charge >= 0.3 is 0 Å². The third-order valence-corrected chi connectivity index (χ3v) is 3.17. The van der Waals surface area contributed by atoms with Crippen LogP contribution in [-0.2, 0) is 5.54 Å². The molecule has 1 aliphatic heterocycles. The van der Waals surface area contributed by atoms with Gasteiger partial charge in [0.15, 0.2) is 11.5 Å². The molecule has 0 aliphatic carbocycles. The van der Waals surface area contributed by atoms with E-state index in [9.17, 15) is 0 Å². The minimum absolute atomic E-state index is 0.145.